The Morgan fingerprint density at radius 3 is 3.20 bits per heavy atom. The molecule has 2 N–H and O–H groups in total. The van der Waals surface area contributed by atoms with Gasteiger partial charge in [0.05, 0.1) is 12.0 Å². The number of aromatic nitrogens is 1. The summed E-state index contributed by atoms with van der Waals surface area (Å²) in [7, 11) is 0. The van der Waals surface area contributed by atoms with Crippen molar-refractivity contribution in [3.63, 3.8) is 0 Å². The van der Waals surface area contributed by atoms with E-state index in [2.05, 4.69) is 10.3 Å². The fraction of sp³-hybridized carbons (Fsp3) is 0.545. The van der Waals surface area contributed by atoms with Crippen LogP contribution in [0.2, 0.25) is 0 Å². The molecule has 1 aliphatic heterocycles. The Balaban J connectivity index is 1.82. The third-order valence-electron chi connectivity index (χ3n) is 2.84. The predicted molar refractivity (Wildman–Crippen MR) is 56.2 cm³/mol. The average molecular weight is 208 g/mol. The van der Waals surface area contributed by atoms with Crippen molar-refractivity contribution in [2.75, 3.05) is 6.61 Å². The van der Waals surface area contributed by atoms with E-state index >= 15 is 0 Å². The predicted octanol–water partition coefficient (Wildman–Crippen LogP) is 1.06. The molecule has 82 valence electrons. The Morgan fingerprint density at radius 2 is 2.60 bits per heavy atom. The van der Waals surface area contributed by atoms with Gasteiger partial charge in [-0.25, -0.2) is 0 Å². The molecule has 1 fully saturated rings. The minimum atomic E-state index is 0.0175. The highest BCUT2D eigenvalue weighted by molar-refractivity contribution is 5.79. The second kappa shape index (κ2) is 4.49. The molecule has 4 nitrogen and oxygen atoms in total. The van der Waals surface area contributed by atoms with Crippen molar-refractivity contribution in [1.82, 2.24) is 10.3 Å². The number of rotatable bonds is 3. The summed E-state index contributed by atoms with van der Waals surface area (Å²) < 4.78 is 5.36. The van der Waals surface area contributed by atoms with Crippen LogP contribution in [0.15, 0.2) is 18.5 Å². The third-order valence-corrected chi connectivity index (χ3v) is 2.84. The van der Waals surface area contributed by atoms with Crippen molar-refractivity contribution in [2.24, 2.45) is 5.92 Å². The Bertz CT molecular complexity index is 321. The molecule has 0 saturated carbocycles. The first-order valence-electron chi connectivity index (χ1n) is 5.28. The van der Waals surface area contributed by atoms with Gasteiger partial charge in [0.2, 0.25) is 5.91 Å². The first-order valence-corrected chi connectivity index (χ1v) is 5.28. The molecule has 1 aromatic rings. The average Bonchev–Trinajstić information content (AvgIpc) is 2.84. The van der Waals surface area contributed by atoms with E-state index in [9.17, 15) is 4.79 Å². The zero-order chi connectivity index (χ0) is 10.7. The van der Waals surface area contributed by atoms with E-state index in [-0.39, 0.29) is 17.9 Å². The van der Waals surface area contributed by atoms with Gasteiger partial charge in [0, 0.05) is 25.5 Å². The van der Waals surface area contributed by atoms with Crippen LogP contribution in [-0.2, 0) is 16.1 Å². The maximum absolute atomic E-state index is 11.7. The molecule has 0 spiro atoms. The molecule has 1 saturated heterocycles. The number of nitrogens with one attached hydrogen (secondary N) is 2. The van der Waals surface area contributed by atoms with Crippen LogP contribution in [0.3, 0.4) is 0 Å². The second-order valence-corrected chi connectivity index (χ2v) is 3.91. The Hall–Kier alpha value is -1.29. The molecule has 0 aliphatic carbocycles. The minimum absolute atomic E-state index is 0.0175. The highest BCUT2D eigenvalue weighted by Crippen LogP contribution is 2.20. The summed E-state index contributed by atoms with van der Waals surface area (Å²) in [4.78, 5) is 14.7. The molecular formula is C11H16N2O2. The molecule has 0 radical (unpaired) electrons. The van der Waals surface area contributed by atoms with Crippen LogP contribution in [0.25, 0.3) is 0 Å². The standard InChI is InChI=1S/C11H16N2O2/c1-8-10(3-5-15-8)11(14)13-7-9-2-4-12-6-9/h2,4,6,8,10,12H,3,5,7H2,1H3,(H,13,14). The van der Waals surface area contributed by atoms with E-state index < -0.39 is 0 Å². The number of carbonyl (C=O) groups is 1. The van der Waals surface area contributed by atoms with Crippen LogP contribution in [-0.4, -0.2) is 23.6 Å². The van der Waals surface area contributed by atoms with Crippen LogP contribution in [0.1, 0.15) is 18.9 Å². The topological polar surface area (TPSA) is 54.1 Å². The van der Waals surface area contributed by atoms with E-state index in [0.717, 1.165) is 12.0 Å². The zero-order valence-corrected chi connectivity index (χ0v) is 8.82. The summed E-state index contributed by atoms with van der Waals surface area (Å²) >= 11 is 0. The lowest BCUT2D eigenvalue weighted by Crippen LogP contribution is -2.33. The van der Waals surface area contributed by atoms with Gasteiger partial charge in [0.25, 0.3) is 0 Å². The first-order chi connectivity index (χ1) is 7.27. The van der Waals surface area contributed by atoms with E-state index in [1.54, 1.807) is 0 Å². The summed E-state index contributed by atoms with van der Waals surface area (Å²) in [6.45, 7) is 3.24. The summed E-state index contributed by atoms with van der Waals surface area (Å²) in [6.07, 6.45) is 4.62. The zero-order valence-electron chi connectivity index (χ0n) is 8.82. The van der Waals surface area contributed by atoms with Gasteiger partial charge in [-0.1, -0.05) is 0 Å². The maximum Gasteiger partial charge on any atom is 0.226 e. The van der Waals surface area contributed by atoms with Gasteiger partial charge in [-0.3, -0.25) is 4.79 Å². The van der Waals surface area contributed by atoms with Crippen LogP contribution >= 0.6 is 0 Å². The monoisotopic (exact) mass is 208 g/mol. The molecule has 2 atom stereocenters. The van der Waals surface area contributed by atoms with Gasteiger partial charge in [0.1, 0.15) is 0 Å². The summed E-state index contributed by atoms with van der Waals surface area (Å²) in [5, 5.41) is 2.92. The summed E-state index contributed by atoms with van der Waals surface area (Å²) in [5.74, 6) is 0.116. The number of hydrogen-bond acceptors (Lipinski definition) is 2. The van der Waals surface area contributed by atoms with E-state index in [1.807, 2.05) is 25.4 Å². The molecule has 15 heavy (non-hydrogen) atoms. The molecule has 2 rings (SSSR count). The van der Waals surface area contributed by atoms with Crippen molar-refractivity contribution < 1.29 is 9.53 Å². The van der Waals surface area contributed by atoms with E-state index in [1.165, 1.54) is 0 Å². The highest BCUT2D eigenvalue weighted by Gasteiger charge is 2.30. The summed E-state index contributed by atoms with van der Waals surface area (Å²) in [6, 6.07) is 1.95. The first kappa shape index (κ1) is 10.2. The lowest BCUT2D eigenvalue weighted by molar-refractivity contribution is -0.126. The molecule has 0 aromatic carbocycles. The molecule has 1 aliphatic rings. The van der Waals surface area contributed by atoms with Crippen molar-refractivity contribution in [3.05, 3.63) is 24.0 Å². The quantitative estimate of drug-likeness (QED) is 0.780. The fourth-order valence-electron chi connectivity index (χ4n) is 1.86. The Kier molecular flexibility index (Phi) is 3.06. The number of hydrogen-bond donors (Lipinski definition) is 2. The molecule has 2 heterocycles. The highest BCUT2D eigenvalue weighted by atomic mass is 16.5. The van der Waals surface area contributed by atoms with Crippen LogP contribution in [0, 0.1) is 5.92 Å². The normalized spacial score (nSPS) is 25.4. The number of carbonyl (C=O) groups excluding carboxylic acids is 1. The molecule has 2 unspecified atom stereocenters. The molecule has 4 heteroatoms. The summed E-state index contributed by atoms with van der Waals surface area (Å²) in [5.41, 5.74) is 1.09. The number of H-pyrrole nitrogens is 1. The van der Waals surface area contributed by atoms with E-state index in [4.69, 9.17) is 4.74 Å². The minimum Gasteiger partial charge on any atom is -0.378 e. The van der Waals surface area contributed by atoms with Gasteiger partial charge < -0.3 is 15.0 Å². The Labute approximate surface area is 89.0 Å². The largest absolute Gasteiger partial charge is 0.378 e. The van der Waals surface area contributed by atoms with Crippen molar-refractivity contribution in [3.8, 4) is 0 Å². The number of aromatic amines is 1. The number of ether oxygens (including phenoxy) is 1. The third kappa shape index (κ3) is 2.39. The number of amides is 1. The maximum atomic E-state index is 11.7. The second-order valence-electron chi connectivity index (χ2n) is 3.91. The van der Waals surface area contributed by atoms with Crippen molar-refractivity contribution in [2.45, 2.75) is 26.0 Å². The van der Waals surface area contributed by atoms with Gasteiger partial charge in [-0.05, 0) is 25.0 Å². The fourth-order valence-corrected chi connectivity index (χ4v) is 1.86. The van der Waals surface area contributed by atoms with Gasteiger partial charge in [-0.15, -0.1) is 0 Å². The van der Waals surface area contributed by atoms with Crippen LogP contribution < -0.4 is 5.32 Å². The SMILES string of the molecule is CC1OCCC1C(=O)NCc1cc[nH]c1. The molecule has 0 bridgehead atoms. The smallest absolute Gasteiger partial charge is 0.226 e. The van der Waals surface area contributed by atoms with Crippen molar-refractivity contribution in [1.29, 1.82) is 0 Å². The molecule has 1 amide bonds. The van der Waals surface area contributed by atoms with Crippen molar-refractivity contribution >= 4 is 5.91 Å². The van der Waals surface area contributed by atoms with Crippen LogP contribution in [0.5, 0.6) is 0 Å². The molecule has 1 aromatic heterocycles. The lowest BCUT2D eigenvalue weighted by atomic mass is 10.0. The van der Waals surface area contributed by atoms with Crippen LogP contribution in [0.4, 0.5) is 0 Å². The van der Waals surface area contributed by atoms with Gasteiger partial charge >= 0.3 is 0 Å². The lowest BCUT2D eigenvalue weighted by Gasteiger charge is -2.13. The van der Waals surface area contributed by atoms with Gasteiger partial charge in [-0.2, -0.15) is 0 Å². The van der Waals surface area contributed by atoms with E-state index in [0.29, 0.717) is 13.2 Å². The molecular weight excluding hydrogens is 192 g/mol. The Morgan fingerprint density at radius 1 is 1.73 bits per heavy atom. The van der Waals surface area contributed by atoms with Gasteiger partial charge in [0.15, 0.2) is 0 Å².